The molecule has 0 bridgehead atoms. The number of rotatable bonds is 1. The van der Waals surface area contributed by atoms with Crippen molar-refractivity contribution in [2.45, 2.75) is 27.2 Å². The van der Waals surface area contributed by atoms with E-state index >= 15 is 0 Å². The molecule has 0 saturated carbocycles. The summed E-state index contributed by atoms with van der Waals surface area (Å²) >= 11 is 1.71. The van der Waals surface area contributed by atoms with E-state index in [4.69, 9.17) is 0 Å². The van der Waals surface area contributed by atoms with Crippen LogP contribution in [0.4, 0.5) is 0 Å². The summed E-state index contributed by atoms with van der Waals surface area (Å²) in [5.74, 6) is 0.571. The Kier molecular flexibility index (Phi) is 3.34. The van der Waals surface area contributed by atoms with Gasteiger partial charge in [0.05, 0.1) is 11.4 Å². The standard InChI is InChI=1S/C13H16N2S/c1-9-5-4-6-12(14-8-7-9)13-15-10(2)11(3)16-13/h4,6-9H,5H2,1-3H3/b6-4?,8-7-,14-12?. The van der Waals surface area contributed by atoms with E-state index in [1.807, 2.05) is 13.1 Å². The minimum atomic E-state index is 0.571. The van der Waals surface area contributed by atoms with Crippen LogP contribution in [0.2, 0.25) is 0 Å². The number of thiazole rings is 1. The van der Waals surface area contributed by atoms with Gasteiger partial charge in [0.15, 0.2) is 0 Å². The molecule has 84 valence electrons. The van der Waals surface area contributed by atoms with Gasteiger partial charge in [-0.25, -0.2) is 4.98 Å². The average molecular weight is 232 g/mol. The van der Waals surface area contributed by atoms with Crippen LogP contribution in [0.25, 0.3) is 0 Å². The largest absolute Gasteiger partial charge is 0.254 e. The molecule has 2 heterocycles. The fourth-order valence-electron chi connectivity index (χ4n) is 1.49. The topological polar surface area (TPSA) is 25.2 Å². The first-order chi connectivity index (χ1) is 7.66. The Hall–Kier alpha value is -1.22. The van der Waals surface area contributed by atoms with E-state index < -0.39 is 0 Å². The molecule has 1 aliphatic rings. The maximum Gasteiger partial charge on any atom is 0.142 e. The Morgan fingerprint density at radius 3 is 2.88 bits per heavy atom. The summed E-state index contributed by atoms with van der Waals surface area (Å²) in [5.41, 5.74) is 2.08. The molecule has 0 N–H and O–H groups in total. The number of aromatic nitrogens is 1. The molecular weight excluding hydrogens is 216 g/mol. The van der Waals surface area contributed by atoms with E-state index in [0.29, 0.717) is 5.92 Å². The number of hydrogen-bond donors (Lipinski definition) is 0. The molecule has 1 unspecified atom stereocenters. The maximum absolute atomic E-state index is 4.53. The van der Waals surface area contributed by atoms with Gasteiger partial charge in [-0.05, 0) is 32.3 Å². The smallest absolute Gasteiger partial charge is 0.142 e. The van der Waals surface area contributed by atoms with Crippen molar-refractivity contribution in [3.63, 3.8) is 0 Å². The summed E-state index contributed by atoms with van der Waals surface area (Å²) in [6.45, 7) is 6.33. The first kappa shape index (κ1) is 11.3. The minimum Gasteiger partial charge on any atom is -0.254 e. The maximum atomic E-state index is 4.53. The van der Waals surface area contributed by atoms with Gasteiger partial charge >= 0.3 is 0 Å². The van der Waals surface area contributed by atoms with Crippen LogP contribution in [-0.4, -0.2) is 10.7 Å². The zero-order valence-electron chi connectivity index (χ0n) is 9.90. The van der Waals surface area contributed by atoms with Crippen molar-refractivity contribution >= 4 is 17.0 Å². The number of aryl methyl sites for hydroxylation is 2. The molecule has 2 rings (SSSR count). The molecule has 1 aromatic heterocycles. The van der Waals surface area contributed by atoms with Crippen LogP contribution in [-0.2, 0) is 0 Å². The third-order valence-electron chi connectivity index (χ3n) is 2.66. The first-order valence-corrected chi connectivity index (χ1v) is 6.34. The Morgan fingerprint density at radius 2 is 2.19 bits per heavy atom. The highest BCUT2D eigenvalue weighted by molar-refractivity contribution is 7.13. The molecule has 0 aliphatic carbocycles. The van der Waals surface area contributed by atoms with Crippen LogP contribution in [0.3, 0.4) is 0 Å². The lowest BCUT2D eigenvalue weighted by molar-refractivity contribution is 0.742. The first-order valence-electron chi connectivity index (χ1n) is 5.52. The van der Waals surface area contributed by atoms with Crippen molar-refractivity contribution in [2.75, 3.05) is 0 Å². The van der Waals surface area contributed by atoms with Crippen molar-refractivity contribution in [3.05, 3.63) is 40.0 Å². The summed E-state index contributed by atoms with van der Waals surface area (Å²) in [6.07, 6.45) is 9.36. The number of hydrogen-bond acceptors (Lipinski definition) is 3. The van der Waals surface area contributed by atoms with Crippen molar-refractivity contribution < 1.29 is 0 Å². The van der Waals surface area contributed by atoms with Crippen LogP contribution < -0.4 is 0 Å². The molecule has 1 aromatic rings. The highest BCUT2D eigenvalue weighted by Crippen LogP contribution is 2.19. The highest BCUT2D eigenvalue weighted by atomic mass is 32.1. The summed E-state index contributed by atoms with van der Waals surface area (Å²) in [5, 5.41) is 1.02. The third kappa shape index (κ3) is 2.47. The molecule has 2 nitrogen and oxygen atoms in total. The summed E-state index contributed by atoms with van der Waals surface area (Å²) in [6, 6.07) is 0. The molecule has 0 saturated heterocycles. The van der Waals surface area contributed by atoms with Crippen LogP contribution in [0, 0.1) is 19.8 Å². The number of aliphatic imine (C=N–C) groups is 1. The van der Waals surface area contributed by atoms with Crippen LogP contribution in [0.1, 0.15) is 28.9 Å². The van der Waals surface area contributed by atoms with Gasteiger partial charge in [-0.3, -0.25) is 4.99 Å². The van der Waals surface area contributed by atoms with E-state index in [0.717, 1.165) is 22.8 Å². The SMILES string of the molecule is Cc1nc(C2=N/C=C\C(C)CC=C2)sc1C. The molecule has 3 heteroatoms. The normalized spacial score (nSPS) is 22.4. The molecular formula is C13H16N2S. The van der Waals surface area contributed by atoms with E-state index in [1.165, 1.54) is 4.88 Å². The summed E-state index contributed by atoms with van der Waals surface area (Å²) in [4.78, 5) is 10.3. The monoisotopic (exact) mass is 232 g/mol. The van der Waals surface area contributed by atoms with E-state index in [9.17, 15) is 0 Å². The van der Waals surface area contributed by atoms with Gasteiger partial charge in [-0.15, -0.1) is 11.3 Å². The second-order valence-corrected chi connectivity index (χ2v) is 5.34. The van der Waals surface area contributed by atoms with E-state index in [1.54, 1.807) is 11.3 Å². The predicted octanol–water partition coefficient (Wildman–Crippen LogP) is 3.66. The average Bonchev–Trinajstić information content (AvgIpc) is 2.53. The van der Waals surface area contributed by atoms with Crippen LogP contribution >= 0.6 is 11.3 Å². The van der Waals surface area contributed by atoms with Gasteiger partial charge < -0.3 is 0 Å². The van der Waals surface area contributed by atoms with Crippen molar-refractivity contribution in [1.82, 2.24) is 4.98 Å². The van der Waals surface area contributed by atoms with Crippen LogP contribution in [0.15, 0.2) is 29.4 Å². The van der Waals surface area contributed by atoms with Gasteiger partial charge in [0.25, 0.3) is 0 Å². The lowest BCUT2D eigenvalue weighted by atomic mass is 10.1. The molecule has 0 radical (unpaired) electrons. The second kappa shape index (κ2) is 4.74. The van der Waals surface area contributed by atoms with Crippen molar-refractivity contribution in [3.8, 4) is 0 Å². The van der Waals surface area contributed by atoms with Gasteiger partial charge in [0, 0.05) is 11.1 Å². The molecule has 0 spiro atoms. The van der Waals surface area contributed by atoms with Gasteiger partial charge in [0.2, 0.25) is 0 Å². The van der Waals surface area contributed by atoms with Crippen molar-refractivity contribution in [1.29, 1.82) is 0 Å². The summed E-state index contributed by atoms with van der Waals surface area (Å²) in [7, 11) is 0. The summed E-state index contributed by atoms with van der Waals surface area (Å²) < 4.78 is 0. The van der Waals surface area contributed by atoms with Crippen LogP contribution in [0.5, 0.6) is 0 Å². The Morgan fingerprint density at radius 1 is 1.38 bits per heavy atom. The Labute approximate surface area is 100 Å². The molecule has 0 aromatic carbocycles. The predicted molar refractivity (Wildman–Crippen MR) is 70.2 cm³/mol. The Bertz CT molecular complexity index is 447. The quantitative estimate of drug-likeness (QED) is 0.725. The Balaban J connectivity index is 2.33. The van der Waals surface area contributed by atoms with Gasteiger partial charge in [-0.2, -0.15) is 0 Å². The molecule has 1 aliphatic heterocycles. The minimum absolute atomic E-state index is 0.571. The second-order valence-electron chi connectivity index (χ2n) is 4.13. The highest BCUT2D eigenvalue weighted by Gasteiger charge is 2.08. The van der Waals surface area contributed by atoms with Gasteiger partial charge in [-0.1, -0.05) is 19.1 Å². The number of allylic oxidation sites excluding steroid dienone is 3. The lowest BCUT2D eigenvalue weighted by Gasteiger charge is -2.03. The fourth-order valence-corrected chi connectivity index (χ4v) is 2.39. The van der Waals surface area contributed by atoms with E-state index in [-0.39, 0.29) is 0 Å². The van der Waals surface area contributed by atoms with Crippen molar-refractivity contribution in [2.24, 2.45) is 10.9 Å². The molecule has 0 fully saturated rings. The molecule has 16 heavy (non-hydrogen) atoms. The fraction of sp³-hybridized carbons (Fsp3) is 0.385. The zero-order chi connectivity index (χ0) is 11.5. The number of nitrogens with zero attached hydrogens (tertiary/aromatic N) is 2. The van der Waals surface area contributed by atoms with E-state index in [2.05, 4.69) is 42.1 Å². The van der Waals surface area contributed by atoms with Gasteiger partial charge in [0.1, 0.15) is 5.01 Å². The zero-order valence-corrected chi connectivity index (χ0v) is 10.7. The molecule has 0 amide bonds. The third-order valence-corrected chi connectivity index (χ3v) is 3.75. The lowest BCUT2D eigenvalue weighted by Crippen LogP contribution is -1.98. The molecule has 1 atom stereocenters.